The third-order valence-corrected chi connectivity index (χ3v) is 3.00. The van der Waals surface area contributed by atoms with E-state index in [1.165, 1.54) is 13.8 Å². The van der Waals surface area contributed by atoms with Crippen LogP contribution in [0.15, 0.2) is 0 Å². The highest BCUT2D eigenvalue weighted by molar-refractivity contribution is 5.76. The summed E-state index contributed by atoms with van der Waals surface area (Å²) in [4.78, 5) is 11.1. The van der Waals surface area contributed by atoms with Crippen LogP contribution in [-0.2, 0) is 4.79 Å². The van der Waals surface area contributed by atoms with E-state index in [4.69, 9.17) is 5.11 Å². The summed E-state index contributed by atoms with van der Waals surface area (Å²) >= 11 is 0. The van der Waals surface area contributed by atoms with Gasteiger partial charge in [0.05, 0.1) is 0 Å². The molecule has 0 bridgehead atoms. The summed E-state index contributed by atoms with van der Waals surface area (Å²) in [6.07, 6.45) is 0.734. The molecule has 1 fully saturated rings. The first-order chi connectivity index (χ1) is 5.90. The van der Waals surface area contributed by atoms with Crippen molar-refractivity contribution in [2.24, 2.45) is 5.41 Å². The lowest BCUT2D eigenvalue weighted by atomic mass is 9.68. The van der Waals surface area contributed by atoms with Crippen LogP contribution in [0.1, 0.15) is 26.7 Å². The zero-order chi connectivity index (χ0) is 10.1. The molecule has 0 aromatic rings. The summed E-state index contributed by atoms with van der Waals surface area (Å²) in [6.45, 7) is 3.87. The maximum atomic E-state index is 13.8. The number of rotatable bonds is 2. The summed E-state index contributed by atoms with van der Waals surface area (Å²) in [5, 5.41) is 12.1. The Bertz CT molecular complexity index is 204. The Labute approximate surface area is 77.3 Å². The fraction of sp³-hybridized carbons (Fsp3) is 0.889. The average molecular weight is 189 g/mol. The maximum absolute atomic E-state index is 13.8. The molecule has 0 unspecified atom stereocenters. The second-order valence-corrected chi connectivity index (χ2v) is 4.11. The van der Waals surface area contributed by atoms with Crippen LogP contribution in [0.5, 0.6) is 0 Å². The molecule has 0 amide bonds. The molecule has 0 saturated carbocycles. The Hall–Kier alpha value is -0.640. The molecule has 1 aliphatic rings. The minimum absolute atomic E-state index is 0.367. The standard InChI is InChI=1S/C9H16FNO2/c1-8(2,10)9(7(12)13)3-5-11-6-4-9/h11H,3-6H2,1-2H3,(H,12,13). The van der Waals surface area contributed by atoms with Crippen LogP contribution in [0.2, 0.25) is 0 Å². The van der Waals surface area contributed by atoms with Gasteiger partial charge in [-0.3, -0.25) is 4.79 Å². The predicted octanol–water partition coefficient (Wildman–Crippen LogP) is 1.19. The molecule has 1 rings (SSSR count). The van der Waals surface area contributed by atoms with E-state index in [2.05, 4.69) is 5.32 Å². The summed E-state index contributed by atoms with van der Waals surface area (Å²) < 4.78 is 13.8. The zero-order valence-corrected chi connectivity index (χ0v) is 8.06. The van der Waals surface area contributed by atoms with Crippen LogP contribution in [0, 0.1) is 5.41 Å². The van der Waals surface area contributed by atoms with Crippen LogP contribution in [0.25, 0.3) is 0 Å². The molecular formula is C9H16FNO2. The van der Waals surface area contributed by atoms with Crippen LogP contribution < -0.4 is 5.32 Å². The van der Waals surface area contributed by atoms with E-state index >= 15 is 0 Å². The Morgan fingerprint density at radius 1 is 1.46 bits per heavy atom. The lowest BCUT2D eigenvalue weighted by molar-refractivity contribution is -0.161. The molecule has 76 valence electrons. The zero-order valence-electron chi connectivity index (χ0n) is 8.06. The molecule has 1 aliphatic heterocycles. The van der Waals surface area contributed by atoms with Gasteiger partial charge in [0.2, 0.25) is 0 Å². The normalized spacial score (nSPS) is 22.7. The predicted molar refractivity (Wildman–Crippen MR) is 47.4 cm³/mol. The fourth-order valence-electron chi connectivity index (χ4n) is 1.92. The molecular weight excluding hydrogens is 173 g/mol. The number of hydrogen-bond donors (Lipinski definition) is 2. The maximum Gasteiger partial charge on any atom is 0.312 e. The number of halogens is 1. The van der Waals surface area contributed by atoms with Crippen molar-refractivity contribution >= 4 is 5.97 Å². The fourth-order valence-corrected chi connectivity index (χ4v) is 1.92. The van der Waals surface area contributed by atoms with E-state index in [0.717, 1.165) is 0 Å². The molecule has 0 atom stereocenters. The lowest BCUT2D eigenvalue weighted by Gasteiger charge is -2.40. The second-order valence-electron chi connectivity index (χ2n) is 4.11. The van der Waals surface area contributed by atoms with Crippen molar-refractivity contribution in [1.29, 1.82) is 0 Å². The van der Waals surface area contributed by atoms with Crippen molar-refractivity contribution in [3.63, 3.8) is 0 Å². The average Bonchev–Trinajstić information content (AvgIpc) is 2.03. The highest BCUT2D eigenvalue weighted by atomic mass is 19.1. The Balaban J connectivity index is 2.93. The largest absolute Gasteiger partial charge is 0.481 e. The van der Waals surface area contributed by atoms with Crippen LogP contribution in [0.4, 0.5) is 4.39 Å². The number of alkyl halides is 1. The van der Waals surface area contributed by atoms with Gasteiger partial charge in [0.25, 0.3) is 0 Å². The van der Waals surface area contributed by atoms with E-state index in [1.807, 2.05) is 0 Å². The molecule has 0 spiro atoms. The molecule has 0 aromatic heterocycles. The SMILES string of the molecule is CC(C)(F)C1(C(=O)O)CCNCC1. The third kappa shape index (κ3) is 1.68. The van der Waals surface area contributed by atoms with Gasteiger partial charge in [-0.1, -0.05) is 0 Å². The van der Waals surface area contributed by atoms with Crippen molar-refractivity contribution in [3.05, 3.63) is 0 Å². The number of nitrogens with one attached hydrogen (secondary N) is 1. The number of carboxylic acid groups (broad SMARTS) is 1. The van der Waals surface area contributed by atoms with E-state index < -0.39 is 17.1 Å². The van der Waals surface area contributed by atoms with Gasteiger partial charge in [0, 0.05) is 0 Å². The quantitative estimate of drug-likeness (QED) is 0.686. The summed E-state index contributed by atoms with van der Waals surface area (Å²) in [5.74, 6) is -1.01. The number of carboxylic acids is 1. The molecule has 0 aliphatic carbocycles. The molecule has 0 radical (unpaired) electrons. The number of piperidine rings is 1. The molecule has 1 saturated heterocycles. The Kier molecular flexibility index (Phi) is 2.61. The van der Waals surface area contributed by atoms with Crippen molar-refractivity contribution < 1.29 is 14.3 Å². The summed E-state index contributed by atoms with van der Waals surface area (Å²) in [5.41, 5.74) is -2.85. The lowest BCUT2D eigenvalue weighted by Crippen LogP contribution is -2.52. The molecule has 4 heteroatoms. The van der Waals surface area contributed by atoms with Gasteiger partial charge in [-0.15, -0.1) is 0 Å². The molecule has 3 nitrogen and oxygen atoms in total. The van der Waals surface area contributed by atoms with Crippen LogP contribution >= 0.6 is 0 Å². The van der Waals surface area contributed by atoms with Gasteiger partial charge >= 0.3 is 5.97 Å². The van der Waals surface area contributed by atoms with E-state index in [-0.39, 0.29) is 0 Å². The Morgan fingerprint density at radius 2 is 1.92 bits per heavy atom. The Morgan fingerprint density at radius 3 is 2.15 bits per heavy atom. The van der Waals surface area contributed by atoms with Gasteiger partial charge in [0.15, 0.2) is 0 Å². The first-order valence-corrected chi connectivity index (χ1v) is 4.53. The highest BCUT2D eigenvalue weighted by Gasteiger charge is 2.52. The first kappa shape index (κ1) is 10.4. The summed E-state index contributed by atoms with van der Waals surface area (Å²) in [6, 6.07) is 0. The third-order valence-electron chi connectivity index (χ3n) is 3.00. The van der Waals surface area contributed by atoms with Gasteiger partial charge < -0.3 is 10.4 Å². The molecule has 0 aromatic carbocycles. The molecule has 1 heterocycles. The van der Waals surface area contributed by atoms with E-state index in [1.54, 1.807) is 0 Å². The molecule has 13 heavy (non-hydrogen) atoms. The van der Waals surface area contributed by atoms with Crippen molar-refractivity contribution in [2.45, 2.75) is 32.4 Å². The van der Waals surface area contributed by atoms with Gasteiger partial charge in [-0.25, -0.2) is 4.39 Å². The molecule has 2 N–H and O–H groups in total. The highest BCUT2D eigenvalue weighted by Crippen LogP contribution is 2.42. The van der Waals surface area contributed by atoms with Crippen LogP contribution in [0.3, 0.4) is 0 Å². The second kappa shape index (κ2) is 3.25. The minimum Gasteiger partial charge on any atom is -0.481 e. The van der Waals surface area contributed by atoms with Crippen molar-refractivity contribution in [3.8, 4) is 0 Å². The number of hydrogen-bond acceptors (Lipinski definition) is 2. The van der Waals surface area contributed by atoms with Crippen molar-refractivity contribution in [1.82, 2.24) is 5.32 Å². The smallest absolute Gasteiger partial charge is 0.312 e. The number of aliphatic carboxylic acids is 1. The topological polar surface area (TPSA) is 49.3 Å². The van der Waals surface area contributed by atoms with Crippen molar-refractivity contribution in [2.75, 3.05) is 13.1 Å². The van der Waals surface area contributed by atoms with Gasteiger partial charge in [-0.05, 0) is 39.8 Å². The van der Waals surface area contributed by atoms with Crippen LogP contribution in [-0.4, -0.2) is 29.8 Å². The monoisotopic (exact) mass is 189 g/mol. The minimum atomic E-state index is -1.65. The summed E-state index contributed by atoms with van der Waals surface area (Å²) in [7, 11) is 0. The first-order valence-electron chi connectivity index (χ1n) is 4.53. The van der Waals surface area contributed by atoms with Gasteiger partial charge in [-0.2, -0.15) is 0 Å². The van der Waals surface area contributed by atoms with E-state index in [9.17, 15) is 9.18 Å². The van der Waals surface area contributed by atoms with Gasteiger partial charge in [0.1, 0.15) is 11.1 Å². The number of carbonyl (C=O) groups is 1. The van der Waals surface area contributed by atoms with E-state index in [0.29, 0.717) is 25.9 Å².